The lowest BCUT2D eigenvalue weighted by Gasteiger charge is -2.32. The summed E-state index contributed by atoms with van der Waals surface area (Å²) in [6.45, 7) is 7.01. The number of carbonyl (C=O) groups is 1. The second-order valence-corrected chi connectivity index (χ2v) is 6.10. The molecule has 0 radical (unpaired) electrons. The summed E-state index contributed by atoms with van der Waals surface area (Å²) in [7, 11) is 1.61. The molecule has 2 heterocycles. The molecule has 0 aliphatic carbocycles. The molecule has 1 saturated heterocycles. The van der Waals surface area contributed by atoms with E-state index in [2.05, 4.69) is 19.2 Å². The summed E-state index contributed by atoms with van der Waals surface area (Å²) in [5.74, 6) is 1.24. The van der Waals surface area contributed by atoms with Crippen LogP contribution in [0.2, 0.25) is 0 Å². The lowest BCUT2D eigenvalue weighted by atomic mass is 10.0. The highest BCUT2D eigenvalue weighted by Gasteiger charge is 2.30. The number of carbonyl (C=O) groups excluding carboxylic acids is 1. The van der Waals surface area contributed by atoms with Crippen molar-refractivity contribution >= 4 is 17.2 Å². The van der Waals surface area contributed by atoms with Crippen molar-refractivity contribution in [1.29, 1.82) is 0 Å². The Kier molecular flexibility index (Phi) is 4.82. The zero-order valence-electron chi connectivity index (χ0n) is 11.8. The van der Waals surface area contributed by atoms with Crippen LogP contribution in [0.5, 0.6) is 5.75 Å². The highest BCUT2D eigenvalue weighted by molar-refractivity contribution is 7.12. The molecular formula is C14H22N2O2S. The Morgan fingerprint density at radius 2 is 2.37 bits per heavy atom. The Morgan fingerprint density at radius 1 is 1.58 bits per heavy atom. The van der Waals surface area contributed by atoms with Gasteiger partial charge in [-0.15, -0.1) is 11.3 Å². The fourth-order valence-electron chi connectivity index (χ4n) is 2.49. The van der Waals surface area contributed by atoms with Gasteiger partial charge in [-0.1, -0.05) is 13.8 Å². The summed E-state index contributed by atoms with van der Waals surface area (Å²) in [6.07, 6.45) is 1.00. The van der Waals surface area contributed by atoms with Gasteiger partial charge < -0.3 is 15.0 Å². The van der Waals surface area contributed by atoms with Crippen molar-refractivity contribution in [3.63, 3.8) is 0 Å². The van der Waals surface area contributed by atoms with Crippen LogP contribution in [0.1, 0.15) is 29.9 Å². The van der Waals surface area contributed by atoms with Crippen LogP contribution in [0.25, 0.3) is 0 Å². The minimum absolute atomic E-state index is 0.106. The molecule has 1 unspecified atom stereocenters. The highest BCUT2D eigenvalue weighted by Crippen LogP contribution is 2.28. The van der Waals surface area contributed by atoms with E-state index in [0.717, 1.165) is 30.9 Å². The number of amides is 1. The van der Waals surface area contributed by atoms with Crippen LogP contribution < -0.4 is 10.1 Å². The van der Waals surface area contributed by atoms with E-state index in [1.54, 1.807) is 7.11 Å². The first kappa shape index (κ1) is 14.3. The van der Waals surface area contributed by atoms with Gasteiger partial charge in [-0.2, -0.15) is 0 Å². The van der Waals surface area contributed by atoms with E-state index >= 15 is 0 Å². The van der Waals surface area contributed by atoms with Gasteiger partial charge in [-0.25, -0.2) is 0 Å². The molecule has 1 aromatic rings. The number of nitrogens with one attached hydrogen (secondary N) is 1. The first-order chi connectivity index (χ1) is 9.15. The molecule has 4 nitrogen and oxygen atoms in total. The predicted octanol–water partition coefficient (Wildman–Crippen LogP) is 2.22. The summed E-state index contributed by atoms with van der Waals surface area (Å²) in [5.41, 5.74) is 0. The van der Waals surface area contributed by atoms with Crippen LogP contribution in [-0.2, 0) is 0 Å². The second kappa shape index (κ2) is 6.39. The monoisotopic (exact) mass is 282 g/mol. The van der Waals surface area contributed by atoms with E-state index in [-0.39, 0.29) is 11.9 Å². The number of methoxy groups -OCH3 is 1. The van der Waals surface area contributed by atoms with Gasteiger partial charge >= 0.3 is 0 Å². The van der Waals surface area contributed by atoms with Crippen LogP contribution in [0, 0.1) is 5.92 Å². The summed E-state index contributed by atoms with van der Waals surface area (Å²) in [4.78, 5) is 15.5. The molecule has 1 N–H and O–H groups in total. The molecule has 0 saturated carbocycles. The Morgan fingerprint density at radius 3 is 3.05 bits per heavy atom. The van der Waals surface area contributed by atoms with E-state index < -0.39 is 0 Å². The Hall–Kier alpha value is -1.07. The number of thiophene rings is 1. The first-order valence-corrected chi connectivity index (χ1v) is 7.66. The van der Waals surface area contributed by atoms with Crippen molar-refractivity contribution < 1.29 is 9.53 Å². The van der Waals surface area contributed by atoms with Crippen LogP contribution in [0.3, 0.4) is 0 Å². The third-order valence-electron chi connectivity index (χ3n) is 3.58. The molecule has 0 aromatic carbocycles. The minimum atomic E-state index is 0.106. The van der Waals surface area contributed by atoms with Gasteiger partial charge in [0.15, 0.2) is 0 Å². The number of hydrogen-bond donors (Lipinski definition) is 1. The maximum Gasteiger partial charge on any atom is 0.268 e. The van der Waals surface area contributed by atoms with Crippen LogP contribution >= 0.6 is 11.3 Å². The SMILES string of the molecule is COc1ccsc1C(=O)N1CCCNCC1C(C)C. The Labute approximate surface area is 118 Å². The van der Waals surface area contributed by atoms with Crippen molar-refractivity contribution in [3.8, 4) is 5.75 Å². The van der Waals surface area contributed by atoms with E-state index in [9.17, 15) is 4.79 Å². The Balaban J connectivity index is 2.23. The zero-order valence-corrected chi connectivity index (χ0v) is 12.6. The summed E-state index contributed by atoms with van der Waals surface area (Å²) >= 11 is 1.46. The number of nitrogens with zero attached hydrogens (tertiary/aromatic N) is 1. The van der Waals surface area contributed by atoms with Gasteiger partial charge in [0, 0.05) is 19.1 Å². The van der Waals surface area contributed by atoms with Gasteiger partial charge in [0.05, 0.1) is 7.11 Å². The molecule has 0 bridgehead atoms. The van der Waals surface area contributed by atoms with Gasteiger partial charge in [0.2, 0.25) is 0 Å². The quantitative estimate of drug-likeness (QED) is 0.924. The smallest absolute Gasteiger partial charge is 0.268 e. The van der Waals surface area contributed by atoms with E-state index in [1.807, 2.05) is 16.3 Å². The molecule has 0 spiro atoms. The zero-order chi connectivity index (χ0) is 13.8. The molecule has 1 fully saturated rings. The molecule has 1 atom stereocenters. The molecule has 19 heavy (non-hydrogen) atoms. The lowest BCUT2D eigenvalue weighted by Crippen LogP contribution is -2.46. The minimum Gasteiger partial charge on any atom is -0.495 e. The largest absolute Gasteiger partial charge is 0.495 e. The van der Waals surface area contributed by atoms with E-state index in [0.29, 0.717) is 11.7 Å². The topological polar surface area (TPSA) is 41.6 Å². The van der Waals surface area contributed by atoms with Crippen molar-refractivity contribution in [2.45, 2.75) is 26.3 Å². The average molecular weight is 282 g/mol. The van der Waals surface area contributed by atoms with Gasteiger partial charge in [0.25, 0.3) is 5.91 Å². The molecular weight excluding hydrogens is 260 g/mol. The first-order valence-electron chi connectivity index (χ1n) is 6.78. The van der Waals surface area contributed by atoms with Crippen molar-refractivity contribution in [2.75, 3.05) is 26.7 Å². The molecule has 106 valence electrons. The highest BCUT2D eigenvalue weighted by atomic mass is 32.1. The molecule has 1 aliphatic heterocycles. The standard InChI is InChI=1S/C14H22N2O2S/c1-10(2)11-9-15-6-4-7-16(11)14(17)13-12(18-3)5-8-19-13/h5,8,10-11,15H,4,6-7,9H2,1-3H3. The molecule has 1 aromatic heterocycles. The van der Waals surface area contributed by atoms with E-state index in [4.69, 9.17) is 4.74 Å². The van der Waals surface area contributed by atoms with Crippen molar-refractivity contribution in [2.24, 2.45) is 5.92 Å². The van der Waals surface area contributed by atoms with Crippen molar-refractivity contribution in [1.82, 2.24) is 10.2 Å². The summed E-state index contributed by atoms with van der Waals surface area (Å²) in [5, 5.41) is 5.32. The number of ether oxygens (including phenoxy) is 1. The van der Waals surface area contributed by atoms with Gasteiger partial charge in [-0.3, -0.25) is 4.79 Å². The van der Waals surface area contributed by atoms with Crippen LogP contribution in [0.4, 0.5) is 0 Å². The fourth-order valence-corrected chi connectivity index (χ4v) is 3.31. The molecule has 1 amide bonds. The average Bonchev–Trinajstić information content (AvgIpc) is 2.73. The molecule has 1 aliphatic rings. The molecule has 5 heteroatoms. The van der Waals surface area contributed by atoms with Gasteiger partial charge in [-0.05, 0) is 30.3 Å². The normalized spacial score (nSPS) is 20.4. The van der Waals surface area contributed by atoms with Gasteiger partial charge in [0.1, 0.15) is 10.6 Å². The number of hydrogen-bond acceptors (Lipinski definition) is 4. The summed E-state index contributed by atoms with van der Waals surface area (Å²) < 4.78 is 5.27. The maximum atomic E-state index is 12.7. The van der Waals surface area contributed by atoms with Crippen molar-refractivity contribution in [3.05, 3.63) is 16.3 Å². The predicted molar refractivity (Wildman–Crippen MR) is 78.0 cm³/mol. The molecule has 2 rings (SSSR count). The maximum absolute atomic E-state index is 12.7. The lowest BCUT2D eigenvalue weighted by molar-refractivity contribution is 0.0648. The van der Waals surface area contributed by atoms with Crippen LogP contribution in [-0.4, -0.2) is 43.6 Å². The third-order valence-corrected chi connectivity index (χ3v) is 4.46. The second-order valence-electron chi connectivity index (χ2n) is 5.19. The van der Waals surface area contributed by atoms with Crippen LogP contribution in [0.15, 0.2) is 11.4 Å². The van der Waals surface area contributed by atoms with E-state index in [1.165, 1.54) is 11.3 Å². The fraction of sp³-hybridized carbons (Fsp3) is 0.643. The number of rotatable bonds is 3. The Bertz CT molecular complexity index is 431. The summed E-state index contributed by atoms with van der Waals surface area (Å²) in [6, 6.07) is 2.11. The third kappa shape index (κ3) is 3.09.